The van der Waals surface area contributed by atoms with E-state index < -0.39 is 0 Å². The van der Waals surface area contributed by atoms with Gasteiger partial charge in [0.05, 0.1) is 56.2 Å². The van der Waals surface area contributed by atoms with Crippen LogP contribution in [-0.4, -0.2) is 29.1 Å². The van der Waals surface area contributed by atoms with E-state index >= 15 is 0 Å². The van der Waals surface area contributed by atoms with Gasteiger partial charge in [-0.1, -0.05) is 97.1 Å². The highest BCUT2D eigenvalue weighted by atomic mass is 15.0. The summed E-state index contributed by atoms with van der Waals surface area (Å²) in [4.78, 5) is 20.7. The molecule has 0 radical (unpaired) electrons. The molecular weight excluding hydrogens is 685 g/mol. The van der Waals surface area contributed by atoms with Crippen molar-refractivity contribution >= 4 is 43.6 Å². The van der Waals surface area contributed by atoms with Crippen LogP contribution >= 0.6 is 0 Å². The van der Waals surface area contributed by atoms with Crippen molar-refractivity contribution in [1.82, 2.24) is 29.1 Å². The van der Waals surface area contributed by atoms with Crippen molar-refractivity contribution in [2.45, 2.75) is 0 Å². The van der Waals surface area contributed by atoms with Crippen LogP contribution in [0.3, 0.4) is 0 Å². The largest absolute Gasteiger partial charge is 0.308 e. The molecule has 0 unspecified atom stereocenters. The molecule has 11 rings (SSSR count). The maximum absolute atomic E-state index is 5.16. The van der Waals surface area contributed by atoms with Crippen molar-refractivity contribution in [2.75, 3.05) is 0 Å². The van der Waals surface area contributed by atoms with E-state index in [4.69, 9.17) is 19.9 Å². The van der Waals surface area contributed by atoms with Crippen LogP contribution in [0.1, 0.15) is 0 Å². The average Bonchev–Trinajstić information content (AvgIpc) is 3.79. The molecular formula is C50H32N6. The van der Waals surface area contributed by atoms with Gasteiger partial charge in [0.15, 0.2) is 0 Å². The molecule has 5 aromatic carbocycles. The number of aromatic nitrogens is 6. The van der Waals surface area contributed by atoms with Crippen molar-refractivity contribution in [2.24, 2.45) is 0 Å². The molecule has 0 aliphatic carbocycles. The normalized spacial score (nSPS) is 11.6. The summed E-state index contributed by atoms with van der Waals surface area (Å²) in [6.07, 6.45) is 7.50. The lowest BCUT2D eigenvalue weighted by Gasteiger charge is -2.28. The maximum Gasteiger partial charge on any atom is 0.0730 e. The minimum Gasteiger partial charge on any atom is -0.308 e. The number of benzene rings is 5. The smallest absolute Gasteiger partial charge is 0.0730 e. The molecule has 262 valence electrons. The van der Waals surface area contributed by atoms with E-state index in [1.807, 2.05) is 49.1 Å². The van der Waals surface area contributed by atoms with Gasteiger partial charge in [0.1, 0.15) is 0 Å². The van der Waals surface area contributed by atoms with Crippen LogP contribution in [0.2, 0.25) is 0 Å². The van der Waals surface area contributed by atoms with E-state index in [-0.39, 0.29) is 0 Å². The van der Waals surface area contributed by atoms with Crippen LogP contribution in [0, 0.1) is 0 Å². The van der Waals surface area contributed by atoms with Crippen molar-refractivity contribution in [3.63, 3.8) is 0 Å². The second kappa shape index (κ2) is 13.0. The van der Waals surface area contributed by atoms with Crippen LogP contribution in [0.25, 0.3) is 100 Å². The monoisotopic (exact) mass is 716 g/mol. The van der Waals surface area contributed by atoms with Gasteiger partial charge in [-0.15, -0.1) is 0 Å². The van der Waals surface area contributed by atoms with Crippen molar-refractivity contribution in [3.05, 3.63) is 195 Å². The summed E-state index contributed by atoms with van der Waals surface area (Å²) in [6.45, 7) is 0. The van der Waals surface area contributed by atoms with Gasteiger partial charge in [0.25, 0.3) is 0 Å². The number of hydrogen-bond donors (Lipinski definition) is 0. The summed E-state index contributed by atoms with van der Waals surface area (Å²) in [7, 11) is 0. The summed E-state index contributed by atoms with van der Waals surface area (Å²) in [5.74, 6) is 0. The molecule has 6 nitrogen and oxygen atoms in total. The molecule has 6 aromatic heterocycles. The van der Waals surface area contributed by atoms with E-state index in [0.717, 1.165) is 100 Å². The number of para-hydroxylation sites is 4. The van der Waals surface area contributed by atoms with Crippen molar-refractivity contribution in [1.29, 1.82) is 0 Å². The third kappa shape index (κ3) is 4.83. The molecule has 0 aliphatic rings. The van der Waals surface area contributed by atoms with Gasteiger partial charge in [-0.3, -0.25) is 19.9 Å². The Morgan fingerprint density at radius 2 is 0.482 bits per heavy atom. The molecule has 0 fully saturated rings. The lowest BCUT2D eigenvalue weighted by atomic mass is 9.85. The molecule has 6 heteroatoms. The van der Waals surface area contributed by atoms with Gasteiger partial charge in [-0.25, -0.2) is 0 Å². The summed E-state index contributed by atoms with van der Waals surface area (Å²) in [5.41, 5.74) is 13.2. The van der Waals surface area contributed by atoms with E-state index in [9.17, 15) is 0 Å². The molecule has 6 heterocycles. The van der Waals surface area contributed by atoms with Gasteiger partial charge in [-0.05, 0) is 72.8 Å². The number of fused-ring (bicyclic) bond motifs is 6. The Kier molecular flexibility index (Phi) is 7.38. The van der Waals surface area contributed by atoms with Crippen molar-refractivity contribution < 1.29 is 0 Å². The predicted octanol–water partition coefficient (Wildman–Crippen LogP) is 12.1. The first kappa shape index (κ1) is 31.8. The fourth-order valence-corrected chi connectivity index (χ4v) is 8.54. The Morgan fingerprint density at radius 1 is 0.250 bits per heavy atom. The SMILES string of the molecule is c1ccc(-c2c(-c3ccccn3)c(-n3c4ccccc4c4ccccc43)c(-c3ccccn3)c(-c3ccccn3)c2-n2c3ccccc3c3ccccc32)nc1. The minimum absolute atomic E-state index is 0.816. The number of hydrogen-bond acceptors (Lipinski definition) is 4. The zero-order valence-electron chi connectivity index (χ0n) is 30.2. The Hall–Kier alpha value is -7.70. The Labute approximate surface area is 322 Å². The van der Waals surface area contributed by atoms with Gasteiger partial charge in [-0.2, -0.15) is 0 Å². The fraction of sp³-hybridized carbons (Fsp3) is 0. The molecule has 0 spiro atoms. The summed E-state index contributed by atoms with van der Waals surface area (Å²) in [5, 5.41) is 4.64. The topological polar surface area (TPSA) is 61.4 Å². The molecule has 0 saturated heterocycles. The lowest BCUT2D eigenvalue weighted by molar-refractivity contribution is 1.13. The lowest BCUT2D eigenvalue weighted by Crippen LogP contribution is -2.11. The second-order valence-corrected chi connectivity index (χ2v) is 13.8. The van der Waals surface area contributed by atoms with E-state index in [2.05, 4.69) is 155 Å². The van der Waals surface area contributed by atoms with E-state index in [1.165, 1.54) is 0 Å². The predicted molar refractivity (Wildman–Crippen MR) is 228 cm³/mol. The molecule has 11 aromatic rings. The highest BCUT2D eigenvalue weighted by Gasteiger charge is 2.33. The van der Waals surface area contributed by atoms with Crippen LogP contribution in [0.4, 0.5) is 0 Å². The van der Waals surface area contributed by atoms with Gasteiger partial charge in [0.2, 0.25) is 0 Å². The first-order valence-electron chi connectivity index (χ1n) is 18.7. The molecule has 56 heavy (non-hydrogen) atoms. The van der Waals surface area contributed by atoms with Gasteiger partial charge in [0, 0.05) is 68.6 Å². The summed E-state index contributed by atoms with van der Waals surface area (Å²) in [6, 6.07) is 59.2. The van der Waals surface area contributed by atoms with Crippen molar-refractivity contribution in [3.8, 4) is 56.4 Å². The zero-order valence-corrected chi connectivity index (χ0v) is 30.2. The first-order valence-corrected chi connectivity index (χ1v) is 18.7. The van der Waals surface area contributed by atoms with Gasteiger partial charge >= 0.3 is 0 Å². The van der Waals surface area contributed by atoms with E-state index in [1.54, 1.807) is 0 Å². The van der Waals surface area contributed by atoms with E-state index in [0.29, 0.717) is 0 Å². The number of rotatable bonds is 6. The Bertz CT molecular complexity index is 2790. The molecule has 0 aliphatic heterocycles. The molecule has 0 saturated carbocycles. The first-order chi connectivity index (χ1) is 27.9. The molecule has 0 atom stereocenters. The average molecular weight is 717 g/mol. The third-order valence-corrected chi connectivity index (χ3v) is 10.7. The molecule has 0 bridgehead atoms. The van der Waals surface area contributed by atoms with Crippen LogP contribution in [-0.2, 0) is 0 Å². The minimum atomic E-state index is 0.816. The van der Waals surface area contributed by atoms with Crippen LogP contribution < -0.4 is 0 Å². The van der Waals surface area contributed by atoms with Crippen LogP contribution in [0.5, 0.6) is 0 Å². The third-order valence-electron chi connectivity index (χ3n) is 10.7. The molecule has 0 N–H and O–H groups in total. The van der Waals surface area contributed by atoms with Crippen LogP contribution in [0.15, 0.2) is 195 Å². The molecule has 0 amide bonds. The number of nitrogens with zero attached hydrogens (tertiary/aromatic N) is 6. The Balaban J connectivity index is 1.51. The number of pyridine rings is 4. The Morgan fingerprint density at radius 3 is 0.714 bits per heavy atom. The fourth-order valence-electron chi connectivity index (χ4n) is 8.54. The summed E-state index contributed by atoms with van der Waals surface area (Å²) >= 11 is 0. The standard InChI is InChI=1S/C50H32N6/c1-5-25-41-33(17-1)34-18-2-6-26-42(34)55(41)49-45(37-21-9-13-29-51-37)47(39-23-11-15-31-53-39)50(56-43-27-7-3-19-35(43)36-20-4-8-28-44(36)56)48(40-24-12-16-32-54-40)46(49)38-22-10-14-30-52-38/h1-32H. The summed E-state index contributed by atoms with van der Waals surface area (Å²) < 4.78 is 4.82. The second-order valence-electron chi connectivity index (χ2n) is 13.8. The van der Waals surface area contributed by atoms with Gasteiger partial charge < -0.3 is 9.13 Å². The zero-order chi connectivity index (χ0) is 37.0. The highest BCUT2D eigenvalue weighted by molar-refractivity contribution is 6.16. The maximum atomic E-state index is 5.16. The highest BCUT2D eigenvalue weighted by Crippen LogP contribution is 2.53. The quantitative estimate of drug-likeness (QED) is 0.172.